The van der Waals surface area contributed by atoms with E-state index in [4.69, 9.17) is 9.47 Å². The molecule has 0 aliphatic carbocycles. The minimum atomic E-state index is -0.0671. The third kappa shape index (κ3) is 4.00. The first-order valence-electron chi connectivity index (χ1n) is 8.64. The van der Waals surface area contributed by atoms with Crippen LogP contribution in [0.5, 0.6) is 11.5 Å². The summed E-state index contributed by atoms with van der Waals surface area (Å²) in [7, 11) is 0. The average Bonchev–Trinajstić information content (AvgIpc) is 3.13. The molecular weight excluding hydrogens is 342 g/mol. The van der Waals surface area contributed by atoms with Crippen LogP contribution < -0.4 is 20.1 Å². The van der Waals surface area contributed by atoms with Crippen molar-refractivity contribution < 1.29 is 14.3 Å². The molecule has 0 bridgehead atoms. The van der Waals surface area contributed by atoms with Crippen LogP contribution in [-0.4, -0.2) is 17.7 Å². The lowest BCUT2D eigenvalue weighted by atomic mass is 10.1. The molecule has 6 nitrogen and oxygen atoms in total. The maximum absolute atomic E-state index is 12.2. The molecular formula is C21H19N3O3. The minimum Gasteiger partial charge on any atom is -0.454 e. The Morgan fingerprint density at radius 1 is 1.04 bits per heavy atom. The molecule has 1 aliphatic heterocycles. The molecule has 1 aliphatic rings. The third-order valence-electron chi connectivity index (χ3n) is 4.30. The second-order valence-corrected chi connectivity index (χ2v) is 6.28. The van der Waals surface area contributed by atoms with Crippen molar-refractivity contribution in [3.05, 3.63) is 71.9 Å². The number of nitrogens with zero attached hydrogens (tertiary/aromatic N) is 1. The van der Waals surface area contributed by atoms with Gasteiger partial charge in [-0.1, -0.05) is 24.3 Å². The van der Waals surface area contributed by atoms with E-state index in [9.17, 15) is 4.79 Å². The van der Waals surface area contributed by atoms with E-state index in [0.717, 1.165) is 22.6 Å². The van der Waals surface area contributed by atoms with Gasteiger partial charge in [-0.15, -0.1) is 0 Å². The van der Waals surface area contributed by atoms with Crippen LogP contribution >= 0.6 is 0 Å². The molecule has 0 atom stereocenters. The number of pyridine rings is 1. The van der Waals surface area contributed by atoms with Gasteiger partial charge < -0.3 is 20.1 Å². The van der Waals surface area contributed by atoms with Crippen LogP contribution in [0.25, 0.3) is 0 Å². The number of anilines is 3. The summed E-state index contributed by atoms with van der Waals surface area (Å²) < 4.78 is 10.7. The van der Waals surface area contributed by atoms with Gasteiger partial charge in [-0.2, -0.15) is 0 Å². The summed E-state index contributed by atoms with van der Waals surface area (Å²) in [6, 6.07) is 17.1. The summed E-state index contributed by atoms with van der Waals surface area (Å²) in [5.74, 6) is 2.05. The van der Waals surface area contributed by atoms with Crippen molar-refractivity contribution in [2.45, 2.75) is 13.3 Å². The highest BCUT2D eigenvalue weighted by atomic mass is 16.7. The van der Waals surface area contributed by atoms with Gasteiger partial charge >= 0.3 is 0 Å². The number of amides is 1. The van der Waals surface area contributed by atoms with Crippen LogP contribution in [0.4, 0.5) is 17.2 Å². The number of fused-ring (bicyclic) bond motifs is 1. The summed E-state index contributed by atoms with van der Waals surface area (Å²) in [5.41, 5.74) is 3.63. The average molecular weight is 361 g/mol. The van der Waals surface area contributed by atoms with Gasteiger partial charge in [-0.25, -0.2) is 4.98 Å². The van der Waals surface area contributed by atoms with Crippen LogP contribution in [-0.2, 0) is 11.2 Å². The topological polar surface area (TPSA) is 72.5 Å². The number of hydrogen-bond donors (Lipinski definition) is 2. The van der Waals surface area contributed by atoms with Crippen LogP contribution in [0.1, 0.15) is 11.1 Å². The first-order chi connectivity index (χ1) is 13.2. The van der Waals surface area contributed by atoms with Crippen molar-refractivity contribution in [3.63, 3.8) is 0 Å². The Morgan fingerprint density at radius 3 is 2.67 bits per heavy atom. The van der Waals surface area contributed by atoms with Crippen molar-refractivity contribution in [1.82, 2.24) is 4.98 Å². The molecule has 0 spiro atoms. The minimum absolute atomic E-state index is 0.0671. The van der Waals surface area contributed by atoms with E-state index in [2.05, 4.69) is 15.6 Å². The second-order valence-electron chi connectivity index (χ2n) is 6.28. The van der Waals surface area contributed by atoms with E-state index >= 15 is 0 Å². The largest absolute Gasteiger partial charge is 0.454 e. The first-order valence-corrected chi connectivity index (χ1v) is 8.64. The van der Waals surface area contributed by atoms with Gasteiger partial charge in [0.2, 0.25) is 12.7 Å². The molecule has 136 valence electrons. The molecule has 2 heterocycles. The molecule has 4 rings (SSSR count). The Hall–Kier alpha value is -3.54. The predicted octanol–water partition coefficient (Wildman–Crippen LogP) is 4.04. The fourth-order valence-electron chi connectivity index (χ4n) is 2.85. The molecule has 1 amide bonds. The fourth-order valence-corrected chi connectivity index (χ4v) is 2.85. The number of carbonyl (C=O) groups is 1. The van der Waals surface area contributed by atoms with Gasteiger partial charge in [-0.05, 0) is 42.3 Å². The Balaban J connectivity index is 1.37. The summed E-state index contributed by atoms with van der Waals surface area (Å²) >= 11 is 0. The van der Waals surface area contributed by atoms with Crippen molar-refractivity contribution in [2.75, 3.05) is 17.4 Å². The predicted molar refractivity (Wildman–Crippen MR) is 104 cm³/mol. The first kappa shape index (κ1) is 16.9. The Labute approximate surface area is 157 Å². The van der Waals surface area contributed by atoms with Gasteiger partial charge in [0.25, 0.3) is 0 Å². The Morgan fingerprint density at radius 2 is 1.85 bits per heavy atom. The van der Waals surface area contributed by atoms with Gasteiger partial charge in [0.1, 0.15) is 5.82 Å². The molecule has 3 aromatic rings. The van der Waals surface area contributed by atoms with Crippen molar-refractivity contribution in [2.24, 2.45) is 0 Å². The zero-order valence-corrected chi connectivity index (χ0v) is 14.9. The van der Waals surface area contributed by atoms with Crippen LogP contribution in [0, 0.1) is 6.92 Å². The van der Waals surface area contributed by atoms with E-state index in [1.807, 2.05) is 61.5 Å². The zero-order chi connectivity index (χ0) is 18.6. The SMILES string of the molecule is Cc1ccccc1CC(=O)Nc1ccc(Nc2ccc3c(c2)OCO3)nc1. The lowest BCUT2D eigenvalue weighted by Gasteiger charge is -2.09. The standard InChI is InChI=1S/C21H19N3O3/c1-14-4-2-3-5-15(14)10-21(25)24-17-7-9-20(22-12-17)23-16-6-8-18-19(11-16)27-13-26-18/h2-9,11-12H,10,13H2,1H3,(H,22,23)(H,24,25). The molecule has 0 radical (unpaired) electrons. The highest BCUT2D eigenvalue weighted by molar-refractivity contribution is 5.92. The van der Waals surface area contributed by atoms with Gasteiger partial charge in [-0.3, -0.25) is 4.79 Å². The number of hydrogen-bond acceptors (Lipinski definition) is 5. The Kier molecular flexibility index (Phi) is 4.61. The molecule has 6 heteroatoms. The van der Waals surface area contributed by atoms with E-state index < -0.39 is 0 Å². The van der Waals surface area contributed by atoms with Gasteiger partial charge in [0.15, 0.2) is 11.5 Å². The summed E-state index contributed by atoms with van der Waals surface area (Å²) in [5, 5.41) is 6.08. The molecule has 2 aromatic carbocycles. The number of nitrogens with one attached hydrogen (secondary N) is 2. The van der Waals surface area contributed by atoms with E-state index in [1.54, 1.807) is 6.20 Å². The molecule has 1 aromatic heterocycles. The van der Waals surface area contributed by atoms with E-state index in [1.165, 1.54) is 0 Å². The van der Waals surface area contributed by atoms with Crippen molar-refractivity contribution in [3.8, 4) is 11.5 Å². The second kappa shape index (κ2) is 7.37. The smallest absolute Gasteiger partial charge is 0.231 e. The molecule has 0 saturated carbocycles. The number of rotatable bonds is 5. The van der Waals surface area contributed by atoms with Gasteiger partial charge in [0, 0.05) is 11.8 Å². The number of aromatic nitrogens is 1. The summed E-state index contributed by atoms with van der Waals surface area (Å²) in [4.78, 5) is 16.6. The fraction of sp³-hybridized carbons (Fsp3) is 0.143. The van der Waals surface area contributed by atoms with Crippen LogP contribution in [0.2, 0.25) is 0 Å². The molecule has 2 N–H and O–H groups in total. The van der Waals surface area contributed by atoms with Crippen molar-refractivity contribution in [1.29, 1.82) is 0 Å². The van der Waals surface area contributed by atoms with E-state index in [0.29, 0.717) is 23.7 Å². The summed E-state index contributed by atoms with van der Waals surface area (Å²) in [6.45, 7) is 2.24. The molecule has 0 saturated heterocycles. The number of benzene rings is 2. The lowest BCUT2D eigenvalue weighted by molar-refractivity contribution is -0.115. The summed E-state index contributed by atoms with van der Waals surface area (Å²) in [6.07, 6.45) is 1.97. The van der Waals surface area contributed by atoms with Crippen LogP contribution in [0.3, 0.4) is 0 Å². The third-order valence-corrected chi connectivity index (χ3v) is 4.30. The Bertz CT molecular complexity index is 971. The zero-order valence-electron chi connectivity index (χ0n) is 14.9. The van der Waals surface area contributed by atoms with Crippen LogP contribution in [0.15, 0.2) is 60.8 Å². The van der Waals surface area contributed by atoms with Gasteiger partial charge in [0.05, 0.1) is 18.3 Å². The number of carbonyl (C=O) groups excluding carboxylic acids is 1. The number of aryl methyl sites for hydroxylation is 1. The lowest BCUT2D eigenvalue weighted by Crippen LogP contribution is -2.15. The maximum atomic E-state index is 12.2. The monoisotopic (exact) mass is 361 g/mol. The highest BCUT2D eigenvalue weighted by Crippen LogP contribution is 2.34. The maximum Gasteiger partial charge on any atom is 0.231 e. The molecule has 0 fully saturated rings. The molecule has 0 unspecified atom stereocenters. The number of ether oxygens (including phenoxy) is 2. The quantitative estimate of drug-likeness (QED) is 0.717. The highest BCUT2D eigenvalue weighted by Gasteiger charge is 2.13. The van der Waals surface area contributed by atoms with Crippen molar-refractivity contribution >= 4 is 23.1 Å². The molecule has 27 heavy (non-hydrogen) atoms. The normalized spacial score (nSPS) is 11.9. The van der Waals surface area contributed by atoms with E-state index in [-0.39, 0.29) is 12.7 Å².